The number of nitrogens with one attached hydrogen (secondary N) is 1. The summed E-state index contributed by atoms with van der Waals surface area (Å²) in [6.45, 7) is 2.21. The van der Waals surface area contributed by atoms with Crippen LogP contribution in [0.15, 0.2) is 0 Å². The minimum Gasteiger partial charge on any atom is -0.317 e. The number of hydrogen-bond donors (Lipinski definition) is 2. The van der Waals surface area contributed by atoms with Gasteiger partial charge in [0.25, 0.3) is 0 Å². The molecule has 1 rings (SSSR count). The van der Waals surface area contributed by atoms with Crippen LogP contribution in [0.3, 0.4) is 0 Å². The highest BCUT2D eigenvalue weighted by atomic mass is 32.1. The van der Waals surface area contributed by atoms with E-state index in [1.165, 1.54) is 12.8 Å². The molecule has 1 fully saturated rings. The third kappa shape index (κ3) is 2.24. The molecule has 0 bridgehead atoms. The summed E-state index contributed by atoms with van der Waals surface area (Å²) in [5.74, 6) is 0.588. The topological polar surface area (TPSA) is 12.0 Å². The smallest absolute Gasteiger partial charge is 0.0480 e. The van der Waals surface area contributed by atoms with Crippen molar-refractivity contribution in [1.29, 1.82) is 0 Å². The van der Waals surface area contributed by atoms with E-state index >= 15 is 0 Å². The third-order valence-corrected chi connectivity index (χ3v) is 2.39. The molecule has 0 spiro atoms. The van der Waals surface area contributed by atoms with Crippen LogP contribution in [0.5, 0.6) is 0 Å². The molecule has 0 aliphatic carbocycles. The second-order valence-corrected chi connectivity index (χ2v) is 3.59. The molecule has 1 aliphatic rings. The van der Waals surface area contributed by atoms with Crippen molar-refractivity contribution in [3.05, 3.63) is 0 Å². The molecule has 0 aromatic heterocycles. The number of hydrogen-bond acceptors (Lipinski definition) is 2. The Balaban J connectivity index is 2.31. The maximum atomic E-state index is 4.95. The quantitative estimate of drug-likeness (QED) is 0.443. The Morgan fingerprint density at radius 1 is 1.44 bits per heavy atom. The first-order valence-corrected chi connectivity index (χ1v) is 4.10. The van der Waals surface area contributed by atoms with Crippen molar-refractivity contribution >= 4 is 29.0 Å². The van der Waals surface area contributed by atoms with E-state index in [1.807, 2.05) is 0 Å². The summed E-state index contributed by atoms with van der Waals surface area (Å²) >= 11 is 9.10. The zero-order valence-corrected chi connectivity index (χ0v) is 6.97. The lowest BCUT2D eigenvalue weighted by Crippen LogP contribution is -2.29. The van der Waals surface area contributed by atoms with Gasteiger partial charge in [0, 0.05) is 10.1 Å². The van der Waals surface area contributed by atoms with Gasteiger partial charge in [-0.3, -0.25) is 0 Å². The molecule has 0 aromatic carbocycles. The second-order valence-electron chi connectivity index (χ2n) is 2.36. The molecule has 3 heteroatoms. The first-order chi connectivity index (χ1) is 4.30. The van der Waals surface area contributed by atoms with Crippen molar-refractivity contribution in [3.8, 4) is 0 Å². The van der Waals surface area contributed by atoms with Gasteiger partial charge in [0.05, 0.1) is 0 Å². The van der Waals surface area contributed by atoms with E-state index in [-0.39, 0.29) is 0 Å². The van der Waals surface area contributed by atoms with E-state index < -0.39 is 0 Å². The minimum atomic E-state index is 0.588. The van der Waals surface area contributed by atoms with Crippen LogP contribution in [0, 0.1) is 5.92 Å². The normalized spacial score (nSPS) is 21.9. The summed E-state index contributed by atoms with van der Waals surface area (Å²) in [5.41, 5.74) is 0. The molecule has 0 saturated carbocycles. The molecule has 0 radical (unpaired) electrons. The predicted octanol–water partition coefficient (Wildman–Crippen LogP) is 1.24. The number of rotatable bonds is 1. The van der Waals surface area contributed by atoms with Crippen LogP contribution < -0.4 is 5.32 Å². The van der Waals surface area contributed by atoms with Crippen LogP contribution >= 0.6 is 24.8 Å². The van der Waals surface area contributed by atoms with E-state index in [2.05, 4.69) is 17.9 Å². The SMILES string of the molecule is S=C(S)C1CCNCC1. The molecule has 1 N–H and O–H groups in total. The second kappa shape index (κ2) is 3.54. The molecule has 0 aromatic rings. The average molecular weight is 161 g/mol. The lowest BCUT2D eigenvalue weighted by atomic mass is 10.0. The molecule has 1 nitrogen and oxygen atoms in total. The molecule has 1 saturated heterocycles. The summed E-state index contributed by atoms with van der Waals surface area (Å²) < 4.78 is 0.886. The molecule has 0 unspecified atom stereocenters. The maximum Gasteiger partial charge on any atom is 0.0480 e. The van der Waals surface area contributed by atoms with Crippen LogP contribution in [0.4, 0.5) is 0 Å². The fourth-order valence-electron chi connectivity index (χ4n) is 1.07. The minimum absolute atomic E-state index is 0.588. The molecule has 1 aliphatic heterocycles. The van der Waals surface area contributed by atoms with E-state index in [4.69, 9.17) is 12.2 Å². The molecular weight excluding hydrogens is 150 g/mol. The largest absolute Gasteiger partial charge is 0.317 e. The van der Waals surface area contributed by atoms with Gasteiger partial charge in [-0.15, -0.1) is 12.6 Å². The Kier molecular flexibility index (Phi) is 2.95. The van der Waals surface area contributed by atoms with Gasteiger partial charge >= 0.3 is 0 Å². The molecule has 9 heavy (non-hydrogen) atoms. The van der Waals surface area contributed by atoms with Gasteiger partial charge in [-0.25, -0.2) is 0 Å². The average Bonchev–Trinajstić information content (AvgIpc) is 1.90. The summed E-state index contributed by atoms with van der Waals surface area (Å²) in [5, 5.41) is 3.28. The Morgan fingerprint density at radius 3 is 2.33 bits per heavy atom. The highest BCUT2D eigenvalue weighted by Crippen LogP contribution is 2.15. The monoisotopic (exact) mass is 161 g/mol. The van der Waals surface area contributed by atoms with Crippen LogP contribution in [0.1, 0.15) is 12.8 Å². The standard InChI is InChI=1S/C6H11NS2/c8-6(9)5-1-3-7-4-2-5/h5,7H,1-4H2,(H,8,9). The van der Waals surface area contributed by atoms with Crippen LogP contribution in [0.2, 0.25) is 0 Å². The van der Waals surface area contributed by atoms with Crippen LogP contribution in [0.25, 0.3) is 0 Å². The number of thiocarbonyl (C=S) groups is 1. The highest BCUT2D eigenvalue weighted by Gasteiger charge is 2.14. The fraction of sp³-hybridized carbons (Fsp3) is 0.833. The zero-order chi connectivity index (χ0) is 6.69. The molecule has 0 atom stereocenters. The van der Waals surface area contributed by atoms with Crippen molar-refractivity contribution in [2.45, 2.75) is 12.8 Å². The van der Waals surface area contributed by atoms with E-state index in [0.717, 1.165) is 17.3 Å². The zero-order valence-electron chi connectivity index (χ0n) is 5.26. The Bertz CT molecular complexity index is 108. The van der Waals surface area contributed by atoms with Gasteiger partial charge in [0.2, 0.25) is 0 Å². The van der Waals surface area contributed by atoms with Crippen LogP contribution in [-0.4, -0.2) is 17.3 Å². The Morgan fingerprint density at radius 2 is 2.00 bits per heavy atom. The van der Waals surface area contributed by atoms with Crippen molar-refractivity contribution in [2.75, 3.05) is 13.1 Å². The van der Waals surface area contributed by atoms with Crippen molar-refractivity contribution in [2.24, 2.45) is 5.92 Å². The van der Waals surface area contributed by atoms with Gasteiger partial charge in [-0.05, 0) is 25.9 Å². The van der Waals surface area contributed by atoms with Crippen molar-refractivity contribution in [3.63, 3.8) is 0 Å². The van der Waals surface area contributed by atoms with E-state index in [9.17, 15) is 0 Å². The van der Waals surface area contributed by atoms with Crippen LogP contribution in [-0.2, 0) is 0 Å². The summed E-state index contributed by atoms with van der Waals surface area (Å²) in [6, 6.07) is 0. The molecular formula is C6H11NS2. The van der Waals surface area contributed by atoms with Crippen molar-refractivity contribution < 1.29 is 0 Å². The number of piperidine rings is 1. The van der Waals surface area contributed by atoms with Gasteiger partial charge in [0.15, 0.2) is 0 Å². The molecule has 0 amide bonds. The van der Waals surface area contributed by atoms with Gasteiger partial charge in [-0.1, -0.05) is 12.2 Å². The van der Waals surface area contributed by atoms with Crippen molar-refractivity contribution in [1.82, 2.24) is 5.32 Å². The Hall–Kier alpha value is 0.400. The summed E-state index contributed by atoms with van der Waals surface area (Å²) in [4.78, 5) is 0. The lowest BCUT2D eigenvalue weighted by Gasteiger charge is -2.20. The molecule has 52 valence electrons. The van der Waals surface area contributed by atoms with Gasteiger partial charge in [0.1, 0.15) is 0 Å². The van der Waals surface area contributed by atoms with Gasteiger partial charge < -0.3 is 5.32 Å². The Labute approximate surface area is 66.6 Å². The summed E-state index contributed by atoms with van der Waals surface area (Å²) in [7, 11) is 0. The highest BCUT2D eigenvalue weighted by molar-refractivity contribution is 8.11. The predicted molar refractivity (Wildman–Crippen MR) is 47.2 cm³/mol. The lowest BCUT2D eigenvalue weighted by molar-refractivity contribution is 0.463. The van der Waals surface area contributed by atoms with Gasteiger partial charge in [-0.2, -0.15) is 0 Å². The molecule has 1 heterocycles. The summed E-state index contributed by atoms with van der Waals surface area (Å²) in [6.07, 6.45) is 2.34. The number of thiol groups is 1. The van der Waals surface area contributed by atoms with E-state index in [0.29, 0.717) is 5.92 Å². The maximum absolute atomic E-state index is 4.95. The fourth-order valence-corrected chi connectivity index (χ4v) is 1.56. The first-order valence-electron chi connectivity index (χ1n) is 3.24. The van der Waals surface area contributed by atoms with E-state index in [1.54, 1.807) is 0 Å². The first kappa shape index (κ1) is 7.51. The third-order valence-electron chi connectivity index (χ3n) is 1.69.